The Balaban J connectivity index is 1.73. The van der Waals surface area contributed by atoms with Gasteiger partial charge < -0.3 is 20.1 Å². The fraction of sp³-hybridized carbons (Fsp3) is 0.500. The Morgan fingerprint density at radius 1 is 1.41 bits per heavy atom. The number of β-amino-alcohol motifs (C(OH)–C–C–N with tert-alkyl or cyclic N) is 1. The van der Waals surface area contributed by atoms with Crippen molar-refractivity contribution >= 4 is 16.7 Å². The molecule has 1 unspecified atom stereocenters. The standard InChI is InChI=1S/C18H23N7O2/c1-11-17(27-9-5-19-11)15-12-3-6-24(7-8-26)16(12)13-10-21-25(18(13)22-15)14-2-4-20-23-14/h2,4,10-11,17,19,26H,3,5-9H2,1H3,(H,20,23)/t11?,17-/m1/s1. The summed E-state index contributed by atoms with van der Waals surface area (Å²) in [6.45, 7) is 5.24. The molecule has 1 saturated heterocycles. The molecule has 142 valence electrons. The summed E-state index contributed by atoms with van der Waals surface area (Å²) in [5.74, 6) is 0.769. The van der Waals surface area contributed by atoms with Gasteiger partial charge in [0.05, 0.1) is 42.4 Å². The molecule has 2 aliphatic heterocycles. The fourth-order valence-corrected chi connectivity index (χ4v) is 4.21. The van der Waals surface area contributed by atoms with Gasteiger partial charge in [-0.15, -0.1) is 0 Å². The third-order valence-corrected chi connectivity index (χ3v) is 5.44. The van der Waals surface area contributed by atoms with Gasteiger partial charge in [-0.05, 0) is 13.3 Å². The second kappa shape index (κ2) is 6.59. The van der Waals surface area contributed by atoms with Gasteiger partial charge in [0.2, 0.25) is 0 Å². The molecule has 0 amide bonds. The highest BCUT2D eigenvalue weighted by atomic mass is 16.5. The van der Waals surface area contributed by atoms with E-state index in [9.17, 15) is 5.11 Å². The summed E-state index contributed by atoms with van der Waals surface area (Å²) in [4.78, 5) is 7.25. The monoisotopic (exact) mass is 369 g/mol. The lowest BCUT2D eigenvalue weighted by Gasteiger charge is -2.31. The summed E-state index contributed by atoms with van der Waals surface area (Å²) in [7, 11) is 0. The lowest BCUT2D eigenvalue weighted by Crippen LogP contribution is -2.42. The topological polar surface area (TPSA) is 104 Å². The van der Waals surface area contributed by atoms with Crippen molar-refractivity contribution in [2.24, 2.45) is 0 Å². The van der Waals surface area contributed by atoms with Crippen molar-refractivity contribution in [1.29, 1.82) is 0 Å². The number of nitrogens with zero attached hydrogens (tertiary/aromatic N) is 5. The van der Waals surface area contributed by atoms with Crippen molar-refractivity contribution in [1.82, 2.24) is 30.3 Å². The third kappa shape index (κ3) is 2.61. The van der Waals surface area contributed by atoms with Gasteiger partial charge in [0.15, 0.2) is 11.5 Å². The van der Waals surface area contributed by atoms with E-state index in [0.29, 0.717) is 13.2 Å². The Bertz CT molecular complexity index is 952. The first-order valence-corrected chi connectivity index (χ1v) is 9.39. The summed E-state index contributed by atoms with van der Waals surface area (Å²) in [5.41, 5.74) is 4.08. The molecule has 0 radical (unpaired) electrons. The van der Waals surface area contributed by atoms with Gasteiger partial charge in [-0.2, -0.15) is 14.9 Å². The number of aliphatic hydroxyl groups is 1. The summed E-state index contributed by atoms with van der Waals surface area (Å²) >= 11 is 0. The molecule has 9 nitrogen and oxygen atoms in total. The van der Waals surface area contributed by atoms with Gasteiger partial charge in [-0.3, -0.25) is 5.10 Å². The minimum absolute atomic E-state index is 0.101. The van der Waals surface area contributed by atoms with Crippen molar-refractivity contribution in [3.8, 4) is 5.82 Å². The molecule has 2 aliphatic rings. The zero-order chi connectivity index (χ0) is 18.4. The van der Waals surface area contributed by atoms with E-state index in [1.165, 1.54) is 5.56 Å². The van der Waals surface area contributed by atoms with Crippen molar-refractivity contribution in [2.75, 3.05) is 37.7 Å². The van der Waals surface area contributed by atoms with E-state index in [0.717, 1.165) is 47.7 Å². The first-order valence-electron chi connectivity index (χ1n) is 9.39. The Hall–Kier alpha value is -2.49. The average Bonchev–Trinajstić information content (AvgIpc) is 3.41. The number of hydrogen-bond donors (Lipinski definition) is 3. The van der Waals surface area contributed by atoms with Crippen LogP contribution in [0.5, 0.6) is 0 Å². The maximum atomic E-state index is 9.51. The lowest BCUT2D eigenvalue weighted by molar-refractivity contribution is -0.00308. The highest BCUT2D eigenvalue weighted by Crippen LogP contribution is 2.40. The molecule has 0 saturated carbocycles. The quantitative estimate of drug-likeness (QED) is 0.617. The summed E-state index contributed by atoms with van der Waals surface area (Å²) in [6.07, 6.45) is 4.35. The lowest BCUT2D eigenvalue weighted by atomic mass is 9.99. The van der Waals surface area contributed by atoms with Gasteiger partial charge in [-0.1, -0.05) is 0 Å². The van der Waals surface area contributed by atoms with E-state index in [1.807, 2.05) is 12.3 Å². The Morgan fingerprint density at radius 3 is 3.11 bits per heavy atom. The maximum Gasteiger partial charge on any atom is 0.167 e. The van der Waals surface area contributed by atoms with Crippen molar-refractivity contribution in [2.45, 2.75) is 25.5 Å². The van der Waals surface area contributed by atoms with Gasteiger partial charge in [0, 0.05) is 37.3 Å². The van der Waals surface area contributed by atoms with Gasteiger partial charge >= 0.3 is 0 Å². The normalized spacial score (nSPS) is 22.5. The van der Waals surface area contributed by atoms with Crippen LogP contribution in [0.25, 0.3) is 16.9 Å². The minimum Gasteiger partial charge on any atom is -0.395 e. The van der Waals surface area contributed by atoms with Crippen LogP contribution in [0.1, 0.15) is 24.3 Å². The molecule has 1 fully saturated rings. The Kier molecular flexibility index (Phi) is 4.07. The number of fused-ring (bicyclic) bond motifs is 3. The second-order valence-electron chi connectivity index (χ2n) is 7.05. The number of pyridine rings is 1. The highest BCUT2D eigenvalue weighted by molar-refractivity contribution is 5.93. The van der Waals surface area contributed by atoms with Crippen LogP contribution in [-0.2, 0) is 11.2 Å². The zero-order valence-electron chi connectivity index (χ0n) is 15.2. The van der Waals surface area contributed by atoms with E-state index in [-0.39, 0.29) is 18.8 Å². The first-order chi connectivity index (χ1) is 13.3. The van der Waals surface area contributed by atoms with E-state index < -0.39 is 0 Å². The molecule has 3 aromatic heterocycles. The number of anilines is 1. The number of aromatic amines is 1. The molecular formula is C18H23N7O2. The number of morpholine rings is 1. The molecule has 3 aromatic rings. The molecule has 2 atom stereocenters. The SMILES string of the molecule is CC1NCCO[C@H]1c1nc2c(cnn2-c2ccn[nH]2)c2c1CCN2CCO. The zero-order valence-corrected chi connectivity index (χ0v) is 15.2. The van der Waals surface area contributed by atoms with E-state index in [1.54, 1.807) is 10.9 Å². The molecule has 27 heavy (non-hydrogen) atoms. The minimum atomic E-state index is -0.101. The number of nitrogens with one attached hydrogen (secondary N) is 2. The van der Waals surface area contributed by atoms with Crippen LogP contribution in [0.15, 0.2) is 18.5 Å². The molecular weight excluding hydrogens is 346 g/mol. The van der Waals surface area contributed by atoms with Crippen LogP contribution in [-0.4, -0.2) is 69.0 Å². The van der Waals surface area contributed by atoms with Gasteiger partial charge in [0.1, 0.15) is 6.10 Å². The number of aromatic nitrogens is 5. The largest absolute Gasteiger partial charge is 0.395 e. The molecule has 5 heterocycles. The number of hydrogen-bond acceptors (Lipinski definition) is 7. The Morgan fingerprint density at radius 2 is 2.33 bits per heavy atom. The first kappa shape index (κ1) is 16.7. The molecule has 0 aliphatic carbocycles. The fourth-order valence-electron chi connectivity index (χ4n) is 4.21. The summed E-state index contributed by atoms with van der Waals surface area (Å²) in [6, 6.07) is 2.05. The van der Waals surface area contributed by atoms with Crippen molar-refractivity contribution < 1.29 is 9.84 Å². The van der Waals surface area contributed by atoms with E-state index >= 15 is 0 Å². The average molecular weight is 369 g/mol. The molecule has 0 aromatic carbocycles. The van der Waals surface area contributed by atoms with Crippen LogP contribution in [0.3, 0.4) is 0 Å². The smallest absolute Gasteiger partial charge is 0.167 e. The predicted octanol–water partition coefficient (Wildman–Crippen LogP) is 0.548. The Labute approximate surface area is 156 Å². The number of H-pyrrole nitrogens is 1. The van der Waals surface area contributed by atoms with Crippen molar-refractivity contribution in [3.05, 3.63) is 29.7 Å². The number of ether oxygens (including phenoxy) is 1. The summed E-state index contributed by atoms with van der Waals surface area (Å²) in [5, 5.41) is 25.5. The number of rotatable bonds is 4. The maximum absolute atomic E-state index is 9.51. The van der Waals surface area contributed by atoms with Crippen LogP contribution >= 0.6 is 0 Å². The number of aliphatic hydroxyl groups excluding tert-OH is 1. The van der Waals surface area contributed by atoms with Crippen LogP contribution in [0.2, 0.25) is 0 Å². The van der Waals surface area contributed by atoms with Crippen molar-refractivity contribution in [3.63, 3.8) is 0 Å². The van der Waals surface area contributed by atoms with Gasteiger partial charge in [0.25, 0.3) is 0 Å². The van der Waals surface area contributed by atoms with Crippen LogP contribution < -0.4 is 10.2 Å². The highest BCUT2D eigenvalue weighted by Gasteiger charge is 2.34. The second-order valence-corrected chi connectivity index (χ2v) is 7.05. The molecule has 0 bridgehead atoms. The van der Waals surface area contributed by atoms with E-state index in [2.05, 4.69) is 32.4 Å². The summed E-state index contributed by atoms with van der Waals surface area (Å²) < 4.78 is 7.89. The molecule has 5 rings (SSSR count). The molecule has 0 spiro atoms. The predicted molar refractivity (Wildman–Crippen MR) is 100 cm³/mol. The van der Waals surface area contributed by atoms with Crippen LogP contribution in [0, 0.1) is 0 Å². The molecule has 9 heteroatoms. The van der Waals surface area contributed by atoms with E-state index in [4.69, 9.17) is 9.72 Å². The third-order valence-electron chi connectivity index (χ3n) is 5.44. The van der Waals surface area contributed by atoms with Crippen LogP contribution in [0.4, 0.5) is 5.69 Å². The van der Waals surface area contributed by atoms with Gasteiger partial charge in [-0.25, -0.2) is 4.98 Å². The molecule has 3 N–H and O–H groups in total.